The summed E-state index contributed by atoms with van der Waals surface area (Å²) in [7, 11) is -0.0963. The molecular formula is C17H13ClFNO4S. The maximum Gasteiger partial charge on any atom is 0.335 e. The highest BCUT2D eigenvalue weighted by Crippen LogP contribution is 2.32. The van der Waals surface area contributed by atoms with Gasteiger partial charge in [-0.25, -0.2) is 13.4 Å². The standard InChI is InChI=1S/C17H13ClFNO4S/c1-20-14-5-3-10(17(22)23)8-11(14)16(21)15(25(20)24)7-9-2-4-12(18)13(19)6-9/h2-6,8,15H,7H2,1H3,(H,22,23). The van der Waals surface area contributed by atoms with Crippen LogP contribution in [-0.4, -0.2) is 33.4 Å². The summed E-state index contributed by atoms with van der Waals surface area (Å²) in [5, 5.41) is 8.15. The van der Waals surface area contributed by atoms with Crippen LogP contribution in [0.25, 0.3) is 0 Å². The van der Waals surface area contributed by atoms with E-state index in [1.165, 1.54) is 34.6 Å². The molecule has 1 aliphatic rings. The molecular weight excluding hydrogens is 369 g/mol. The lowest BCUT2D eigenvalue weighted by Crippen LogP contribution is -2.42. The molecule has 0 radical (unpaired) electrons. The normalized spacial score (nSPS) is 19.6. The highest BCUT2D eigenvalue weighted by molar-refractivity contribution is 7.88. The molecule has 130 valence electrons. The lowest BCUT2D eigenvalue weighted by molar-refractivity contribution is 0.0697. The number of carboxylic acids is 1. The van der Waals surface area contributed by atoms with Crippen molar-refractivity contribution in [2.75, 3.05) is 11.4 Å². The molecule has 0 fully saturated rings. The second-order valence-electron chi connectivity index (χ2n) is 5.62. The summed E-state index contributed by atoms with van der Waals surface area (Å²) in [6.45, 7) is 0. The van der Waals surface area contributed by atoms with E-state index in [0.717, 1.165) is 0 Å². The molecule has 2 aromatic carbocycles. The van der Waals surface area contributed by atoms with Crippen LogP contribution in [0.5, 0.6) is 0 Å². The largest absolute Gasteiger partial charge is 0.478 e. The van der Waals surface area contributed by atoms with Crippen molar-refractivity contribution in [1.82, 2.24) is 0 Å². The SMILES string of the molecule is CN1c2ccc(C(=O)O)cc2C(=O)C(Cc2ccc(Cl)c(F)c2)S1=O. The molecule has 3 rings (SSSR count). The Morgan fingerprint density at radius 2 is 2.04 bits per heavy atom. The molecule has 0 saturated carbocycles. The van der Waals surface area contributed by atoms with Gasteiger partial charge in [-0.3, -0.25) is 9.10 Å². The zero-order chi connectivity index (χ0) is 18.3. The number of ketones is 1. The minimum Gasteiger partial charge on any atom is -0.478 e. The molecule has 0 aromatic heterocycles. The third-order valence-corrected chi connectivity index (χ3v) is 5.97. The monoisotopic (exact) mass is 381 g/mol. The quantitative estimate of drug-likeness (QED) is 0.886. The number of hydrogen-bond acceptors (Lipinski definition) is 3. The van der Waals surface area contributed by atoms with Gasteiger partial charge in [0.2, 0.25) is 0 Å². The van der Waals surface area contributed by atoms with Gasteiger partial charge >= 0.3 is 5.97 Å². The molecule has 8 heteroatoms. The van der Waals surface area contributed by atoms with Gasteiger partial charge in [0.05, 0.1) is 16.3 Å². The molecule has 1 N–H and O–H groups in total. The summed E-state index contributed by atoms with van der Waals surface area (Å²) in [4.78, 5) is 23.9. The number of carbonyl (C=O) groups excluding carboxylic acids is 1. The first-order valence-electron chi connectivity index (χ1n) is 7.29. The first-order valence-corrected chi connectivity index (χ1v) is 8.84. The van der Waals surface area contributed by atoms with Crippen molar-refractivity contribution in [3.63, 3.8) is 0 Å². The fourth-order valence-electron chi connectivity index (χ4n) is 2.74. The number of benzene rings is 2. The molecule has 2 unspecified atom stereocenters. The number of halogens is 2. The number of Topliss-reactive ketones (excluding diaryl/α,β-unsaturated/α-hetero) is 1. The van der Waals surface area contributed by atoms with Crippen LogP contribution in [0.1, 0.15) is 26.3 Å². The Morgan fingerprint density at radius 1 is 1.32 bits per heavy atom. The summed E-state index contributed by atoms with van der Waals surface area (Å²) in [5.74, 6) is -2.19. The van der Waals surface area contributed by atoms with E-state index >= 15 is 0 Å². The van der Waals surface area contributed by atoms with Gasteiger partial charge in [-0.05, 0) is 42.3 Å². The Morgan fingerprint density at radius 3 is 2.68 bits per heavy atom. The van der Waals surface area contributed by atoms with Crippen LogP contribution >= 0.6 is 11.6 Å². The molecule has 0 saturated heterocycles. The Kier molecular flexibility index (Phi) is 4.62. The predicted molar refractivity (Wildman–Crippen MR) is 93.2 cm³/mol. The van der Waals surface area contributed by atoms with E-state index in [1.807, 2.05) is 0 Å². The predicted octanol–water partition coefficient (Wildman–Crippen LogP) is 3.08. The molecule has 2 aromatic rings. The second kappa shape index (κ2) is 6.57. The minimum atomic E-state index is -1.66. The number of hydrogen-bond donors (Lipinski definition) is 1. The second-order valence-corrected chi connectivity index (χ2v) is 7.69. The highest BCUT2D eigenvalue weighted by Gasteiger charge is 2.37. The number of rotatable bonds is 3. The van der Waals surface area contributed by atoms with E-state index in [2.05, 4.69) is 0 Å². The van der Waals surface area contributed by atoms with Crippen molar-refractivity contribution in [3.8, 4) is 0 Å². The van der Waals surface area contributed by atoms with Crippen LogP contribution in [0.4, 0.5) is 10.1 Å². The van der Waals surface area contributed by atoms with Crippen LogP contribution in [-0.2, 0) is 17.4 Å². The average molecular weight is 382 g/mol. The van der Waals surface area contributed by atoms with E-state index < -0.39 is 33.8 Å². The van der Waals surface area contributed by atoms with Crippen LogP contribution in [0, 0.1) is 5.82 Å². The van der Waals surface area contributed by atoms with Gasteiger partial charge in [0.25, 0.3) is 0 Å². The Labute approximate surface area is 150 Å². The summed E-state index contributed by atoms with van der Waals surface area (Å²) in [6.07, 6.45) is 0.0562. The fraction of sp³-hybridized carbons (Fsp3) is 0.176. The first-order chi connectivity index (χ1) is 11.8. The molecule has 2 atom stereocenters. The average Bonchev–Trinajstić information content (AvgIpc) is 2.59. The van der Waals surface area contributed by atoms with Gasteiger partial charge < -0.3 is 5.11 Å². The van der Waals surface area contributed by atoms with Gasteiger partial charge in [-0.1, -0.05) is 17.7 Å². The number of carboxylic acid groups (broad SMARTS) is 1. The smallest absolute Gasteiger partial charge is 0.335 e. The Hall–Kier alpha value is -2.25. The molecule has 0 spiro atoms. The maximum absolute atomic E-state index is 13.6. The topological polar surface area (TPSA) is 74.7 Å². The third-order valence-electron chi connectivity index (χ3n) is 4.06. The highest BCUT2D eigenvalue weighted by atomic mass is 35.5. The molecule has 0 aliphatic carbocycles. The Balaban J connectivity index is 2.00. The summed E-state index contributed by atoms with van der Waals surface area (Å²) in [6, 6.07) is 8.25. The van der Waals surface area contributed by atoms with Gasteiger partial charge in [0.1, 0.15) is 22.1 Å². The summed E-state index contributed by atoms with van der Waals surface area (Å²) in [5.41, 5.74) is 1.07. The van der Waals surface area contributed by atoms with Crippen molar-refractivity contribution in [2.45, 2.75) is 11.7 Å². The van der Waals surface area contributed by atoms with E-state index in [4.69, 9.17) is 16.7 Å². The first kappa shape index (κ1) is 17.6. The molecule has 1 aliphatic heterocycles. The van der Waals surface area contributed by atoms with Crippen molar-refractivity contribution in [3.05, 3.63) is 63.9 Å². The zero-order valence-electron chi connectivity index (χ0n) is 13.0. The van der Waals surface area contributed by atoms with Gasteiger partial charge in [0.15, 0.2) is 5.78 Å². The zero-order valence-corrected chi connectivity index (χ0v) is 14.6. The van der Waals surface area contributed by atoms with Gasteiger partial charge in [-0.2, -0.15) is 0 Å². The molecule has 0 bridgehead atoms. The van der Waals surface area contributed by atoms with Crippen molar-refractivity contribution >= 4 is 40.0 Å². The van der Waals surface area contributed by atoms with Crippen molar-refractivity contribution in [2.24, 2.45) is 0 Å². The van der Waals surface area contributed by atoms with Gasteiger partial charge in [0, 0.05) is 12.6 Å². The van der Waals surface area contributed by atoms with Gasteiger partial charge in [-0.15, -0.1) is 0 Å². The number of anilines is 1. The summed E-state index contributed by atoms with van der Waals surface area (Å²) < 4.78 is 27.7. The number of carbonyl (C=O) groups is 2. The maximum atomic E-state index is 13.6. The Bertz CT molecular complexity index is 918. The lowest BCUT2D eigenvalue weighted by atomic mass is 9.98. The third kappa shape index (κ3) is 3.17. The van der Waals surface area contributed by atoms with E-state index in [9.17, 15) is 18.2 Å². The molecule has 0 amide bonds. The molecule has 5 nitrogen and oxygen atoms in total. The van der Waals surface area contributed by atoms with Crippen molar-refractivity contribution in [1.29, 1.82) is 0 Å². The molecule has 25 heavy (non-hydrogen) atoms. The summed E-state index contributed by atoms with van der Waals surface area (Å²) >= 11 is 5.65. The van der Waals surface area contributed by atoms with E-state index in [-0.39, 0.29) is 22.6 Å². The van der Waals surface area contributed by atoms with Crippen molar-refractivity contribution < 1.29 is 23.3 Å². The van der Waals surface area contributed by atoms with Crippen LogP contribution in [0.15, 0.2) is 36.4 Å². The fourth-order valence-corrected chi connectivity index (χ4v) is 4.24. The van der Waals surface area contributed by atoms with Crippen LogP contribution in [0.3, 0.4) is 0 Å². The number of aromatic carboxylic acids is 1. The lowest BCUT2D eigenvalue weighted by Gasteiger charge is -2.31. The number of fused-ring (bicyclic) bond motifs is 1. The van der Waals surface area contributed by atoms with E-state index in [1.54, 1.807) is 13.1 Å². The van der Waals surface area contributed by atoms with Crippen LogP contribution < -0.4 is 4.31 Å². The molecule has 1 heterocycles. The minimum absolute atomic E-state index is 0.0236. The van der Waals surface area contributed by atoms with E-state index in [0.29, 0.717) is 11.3 Å². The number of nitrogens with zero attached hydrogens (tertiary/aromatic N) is 1. The van der Waals surface area contributed by atoms with Crippen LogP contribution in [0.2, 0.25) is 5.02 Å².